The van der Waals surface area contributed by atoms with Crippen molar-refractivity contribution in [2.24, 2.45) is 0 Å². The van der Waals surface area contributed by atoms with Crippen LogP contribution in [0, 0.1) is 6.92 Å². The minimum atomic E-state index is -0.446. The van der Waals surface area contributed by atoms with Crippen molar-refractivity contribution in [2.75, 3.05) is 6.61 Å². The first-order valence-electron chi connectivity index (χ1n) is 9.62. The summed E-state index contributed by atoms with van der Waals surface area (Å²) < 4.78 is 6.30. The molecule has 0 saturated carbocycles. The summed E-state index contributed by atoms with van der Waals surface area (Å²) in [5.41, 5.74) is 8.05. The van der Waals surface area contributed by atoms with E-state index < -0.39 is 11.8 Å². The smallest absolute Gasteiger partial charge is 0.276 e. The molecule has 0 fully saturated rings. The number of ether oxygens (including phenoxy) is 1. The van der Waals surface area contributed by atoms with Gasteiger partial charge in [0.15, 0.2) is 11.7 Å². The van der Waals surface area contributed by atoms with E-state index in [9.17, 15) is 9.59 Å². The molecule has 3 N–H and O–H groups in total. The minimum absolute atomic E-state index is 0.0117. The zero-order valence-electron chi connectivity index (χ0n) is 17.9. The lowest BCUT2D eigenvalue weighted by molar-refractivity contribution is -0.123. The Morgan fingerprint density at radius 2 is 1.77 bits per heavy atom. The molecule has 0 aromatic heterocycles. The van der Waals surface area contributed by atoms with E-state index in [2.05, 4.69) is 52.9 Å². The summed E-state index contributed by atoms with van der Waals surface area (Å²) in [6, 6.07) is 13.5. The van der Waals surface area contributed by atoms with Gasteiger partial charge in [0.25, 0.3) is 5.91 Å². The number of thiocarbonyl (C=S) groups is 1. The van der Waals surface area contributed by atoms with E-state index in [0.717, 1.165) is 21.2 Å². The topological polar surface area (TPSA) is 79.5 Å². The number of amides is 2. The summed E-state index contributed by atoms with van der Waals surface area (Å²) in [6.07, 6.45) is 3.04. The Kier molecular flexibility index (Phi) is 8.76. The number of carbonyl (C=O) groups excluding carboxylic acids is 2. The monoisotopic (exact) mass is 503 g/mol. The van der Waals surface area contributed by atoms with Crippen molar-refractivity contribution >= 4 is 51.2 Å². The maximum absolute atomic E-state index is 12.0. The molecule has 164 valence electrons. The summed E-state index contributed by atoms with van der Waals surface area (Å²) in [5.74, 6) is -0.301. The van der Waals surface area contributed by atoms with Gasteiger partial charge >= 0.3 is 0 Å². The Morgan fingerprint density at radius 1 is 1.10 bits per heavy atom. The van der Waals surface area contributed by atoms with Crippen LogP contribution < -0.4 is 20.9 Å². The SMILES string of the molecule is Cc1ccc(/C=C\C(=O)NC(=S)NNC(=O)COc2ccc(C(C)(C)C)cc2Br)cc1. The molecule has 0 heterocycles. The number of halogens is 1. The average molecular weight is 504 g/mol. The summed E-state index contributed by atoms with van der Waals surface area (Å²) in [7, 11) is 0. The number of aryl methyl sites for hydroxylation is 1. The largest absolute Gasteiger partial charge is 0.483 e. The Hall–Kier alpha value is -2.71. The van der Waals surface area contributed by atoms with Crippen molar-refractivity contribution in [2.45, 2.75) is 33.1 Å². The predicted octanol–water partition coefficient (Wildman–Crippen LogP) is 4.17. The van der Waals surface area contributed by atoms with Gasteiger partial charge < -0.3 is 4.74 Å². The zero-order valence-corrected chi connectivity index (χ0v) is 20.3. The first-order valence-corrected chi connectivity index (χ1v) is 10.8. The number of benzene rings is 2. The maximum atomic E-state index is 12.0. The third-order valence-corrected chi connectivity index (χ3v) is 5.04. The molecule has 31 heavy (non-hydrogen) atoms. The van der Waals surface area contributed by atoms with E-state index in [1.54, 1.807) is 6.08 Å². The number of nitrogens with one attached hydrogen (secondary N) is 3. The second-order valence-electron chi connectivity index (χ2n) is 7.92. The molecule has 0 atom stereocenters. The number of hydrogen-bond donors (Lipinski definition) is 3. The van der Waals surface area contributed by atoms with E-state index in [1.165, 1.54) is 6.08 Å². The van der Waals surface area contributed by atoms with Crippen molar-refractivity contribution in [3.05, 3.63) is 69.7 Å². The highest BCUT2D eigenvalue weighted by Crippen LogP contribution is 2.31. The normalized spacial score (nSPS) is 11.1. The van der Waals surface area contributed by atoms with E-state index >= 15 is 0 Å². The fourth-order valence-electron chi connectivity index (χ4n) is 2.42. The average Bonchev–Trinajstić information content (AvgIpc) is 2.70. The molecule has 0 radical (unpaired) electrons. The summed E-state index contributed by atoms with van der Waals surface area (Å²) >= 11 is 8.47. The van der Waals surface area contributed by atoms with Gasteiger partial charge in [-0.3, -0.25) is 25.8 Å². The predicted molar refractivity (Wildman–Crippen MR) is 131 cm³/mol. The summed E-state index contributed by atoms with van der Waals surface area (Å²) in [6.45, 7) is 8.13. The van der Waals surface area contributed by atoms with Gasteiger partial charge in [0.1, 0.15) is 5.75 Å². The van der Waals surface area contributed by atoms with Gasteiger partial charge in [0, 0.05) is 6.08 Å². The third-order valence-electron chi connectivity index (χ3n) is 4.21. The van der Waals surface area contributed by atoms with Gasteiger partial charge in [0.2, 0.25) is 5.91 Å². The second kappa shape index (κ2) is 11.1. The van der Waals surface area contributed by atoms with Crippen LogP contribution in [0.2, 0.25) is 0 Å². The lowest BCUT2D eigenvalue weighted by Crippen LogP contribution is -2.49. The third kappa shape index (κ3) is 8.51. The maximum Gasteiger partial charge on any atom is 0.276 e. The molecule has 0 aliphatic carbocycles. The van der Waals surface area contributed by atoms with E-state index in [-0.39, 0.29) is 17.1 Å². The van der Waals surface area contributed by atoms with Crippen molar-refractivity contribution < 1.29 is 14.3 Å². The molecule has 0 saturated heterocycles. The van der Waals surface area contributed by atoms with Crippen LogP contribution in [0.25, 0.3) is 6.08 Å². The van der Waals surface area contributed by atoms with Crippen LogP contribution in [0.15, 0.2) is 53.0 Å². The summed E-state index contributed by atoms with van der Waals surface area (Å²) in [5, 5.41) is 2.43. The summed E-state index contributed by atoms with van der Waals surface area (Å²) in [4.78, 5) is 23.9. The highest BCUT2D eigenvalue weighted by molar-refractivity contribution is 9.10. The van der Waals surface area contributed by atoms with Gasteiger partial charge in [-0.15, -0.1) is 0 Å². The van der Waals surface area contributed by atoms with Gasteiger partial charge in [0.05, 0.1) is 4.47 Å². The standard InChI is InChI=1S/C23H26BrN3O3S/c1-15-5-7-16(8-6-15)9-12-20(28)25-22(31)27-26-21(29)14-30-19-11-10-17(13-18(19)24)23(2,3)4/h5-13H,14H2,1-4H3,(H,26,29)(H2,25,27,28,31)/b12-9-. The second-order valence-corrected chi connectivity index (χ2v) is 9.18. The van der Waals surface area contributed by atoms with Gasteiger partial charge in [-0.05, 0) is 69.8 Å². The van der Waals surface area contributed by atoms with E-state index in [4.69, 9.17) is 17.0 Å². The van der Waals surface area contributed by atoms with Crippen molar-refractivity contribution in [1.29, 1.82) is 0 Å². The number of hydrogen-bond acceptors (Lipinski definition) is 4. The molecule has 0 aliphatic rings. The molecule has 2 aromatic carbocycles. The van der Waals surface area contributed by atoms with Gasteiger partial charge in [-0.1, -0.05) is 56.7 Å². The molecular weight excluding hydrogens is 478 g/mol. The zero-order chi connectivity index (χ0) is 23.0. The highest BCUT2D eigenvalue weighted by Gasteiger charge is 2.15. The highest BCUT2D eigenvalue weighted by atomic mass is 79.9. The number of hydrazine groups is 1. The molecule has 0 unspecified atom stereocenters. The van der Waals surface area contributed by atoms with Gasteiger partial charge in [-0.25, -0.2) is 0 Å². The van der Waals surface area contributed by atoms with Crippen LogP contribution in [-0.2, 0) is 15.0 Å². The number of carbonyl (C=O) groups is 2. The number of rotatable bonds is 5. The van der Waals surface area contributed by atoms with Crippen LogP contribution in [0.3, 0.4) is 0 Å². The van der Waals surface area contributed by atoms with Crippen LogP contribution >= 0.6 is 28.1 Å². The quantitative estimate of drug-likeness (QED) is 0.324. The molecule has 0 bridgehead atoms. The van der Waals surface area contributed by atoms with E-state index in [1.807, 2.05) is 49.4 Å². The Balaban J connectivity index is 1.75. The molecule has 2 aromatic rings. The molecule has 0 aliphatic heterocycles. The Morgan fingerprint density at radius 3 is 2.39 bits per heavy atom. The first kappa shape index (κ1) is 24.6. The van der Waals surface area contributed by atoms with Crippen LogP contribution in [-0.4, -0.2) is 23.5 Å². The van der Waals surface area contributed by atoms with Crippen LogP contribution in [0.5, 0.6) is 5.75 Å². The van der Waals surface area contributed by atoms with Crippen LogP contribution in [0.4, 0.5) is 0 Å². The lowest BCUT2D eigenvalue weighted by Gasteiger charge is -2.20. The molecule has 8 heteroatoms. The minimum Gasteiger partial charge on any atom is -0.483 e. The fraction of sp³-hybridized carbons (Fsp3) is 0.261. The molecular formula is C23H26BrN3O3S. The first-order chi connectivity index (χ1) is 14.5. The van der Waals surface area contributed by atoms with Crippen molar-refractivity contribution in [1.82, 2.24) is 16.2 Å². The molecule has 0 spiro atoms. The van der Waals surface area contributed by atoms with Crippen molar-refractivity contribution in [3.63, 3.8) is 0 Å². The molecule has 2 amide bonds. The molecule has 6 nitrogen and oxygen atoms in total. The molecule has 2 rings (SSSR count). The Labute approximate surface area is 196 Å². The lowest BCUT2D eigenvalue weighted by atomic mass is 9.87. The Bertz CT molecular complexity index is 983. The van der Waals surface area contributed by atoms with Crippen molar-refractivity contribution in [3.8, 4) is 5.75 Å². The fourth-order valence-corrected chi connectivity index (χ4v) is 3.07. The van der Waals surface area contributed by atoms with Crippen LogP contribution in [0.1, 0.15) is 37.5 Å². The van der Waals surface area contributed by atoms with E-state index in [0.29, 0.717) is 5.75 Å². The van der Waals surface area contributed by atoms with Gasteiger partial charge in [-0.2, -0.15) is 0 Å².